The van der Waals surface area contributed by atoms with Crippen LogP contribution in [0.25, 0.3) is 0 Å². The monoisotopic (exact) mass is 295 g/mol. The fraction of sp³-hybridized carbons (Fsp3) is 0.333. The SMILES string of the molecule is COC(=O)c1nc(CBr)c(O)cc1C(F)F. The van der Waals surface area contributed by atoms with Crippen LogP contribution in [0.2, 0.25) is 0 Å². The lowest BCUT2D eigenvalue weighted by Gasteiger charge is -2.09. The third-order valence-electron chi connectivity index (χ3n) is 1.85. The van der Waals surface area contributed by atoms with Crippen LogP contribution >= 0.6 is 15.9 Å². The lowest BCUT2D eigenvalue weighted by atomic mass is 10.1. The molecule has 0 radical (unpaired) electrons. The largest absolute Gasteiger partial charge is 0.506 e. The fourth-order valence-corrected chi connectivity index (χ4v) is 1.49. The summed E-state index contributed by atoms with van der Waals surface area (Å²) >= 11 is 3.01. The number of methoxy groups -OCH3 is 1. The molecular formula is C9H8BrF2NO3. The molecule has 16 heavy (non-hydrogen) atoms. The molecule has 1 aromatic rings. The number of nitrogens with zero attached hydrogens (tertiary/aromatic N) is 1. The molecule has 0 saturated heterocycles. The van der Waals surface area contributed by atoms with E-state index in [2.05, 4.69) is 25.7 Å². The first-order chi connectivity index (χ1) is 7.51. The van der Waals surface area contributed by atoms with Crippen molar-refractivity contribution in [1.82, 2.24) is 4.98 Å². The highest BCUT2D eigenvalue weighted by atomic mass is 79.9. The minimum absolute atomic E-state index is 0.102. The number of carbonyl (C=O) groups excluding carboxylic acids is 1. The Kier molecular flexibility index (Phi) is 4.17. The number of pyridine rings is 1. The van der Waals surface area contributed by atoms with Crippen molar-refractivity contribution < 1.29 is 23.4 Å². The van der Waals surface area contributed by atoms with Crippen molar-refractivity contribution in [2.75, 3.05) is 7.11 Å². The molecule has 1 N–H and O–H groups in total. The highest BCUT2D eigenvalue weighted by Crippen LogP contribution is 2.28. The van der Waals surface area contributed by atoms with Crippen LogP contribution in [0.1, 0.15) is 28.2 Å². The highest BCUT2D eigenvalue weighted by molar-refractivity contribution is 9.08. The first-order valence-electron chi connectivity index (χ1n) is 4.16. The third kappa shape index (κ3) is 2.46. The number of aromatic nitrogens is 1. The standard InChI is InChI=1S/C9H8BrF2NO3/c1-16-9(15)7-4(8(11)12)2-6(14)5(3-10)13-7/h2,8,14H,3H2,1H3. The third-order valence-corrected chi connectivity index (χ3v) is 2.38. The Balaban J connectivity index is 3.36. The van der Waals surface area contributed by atoms with Crippen LogP contribution in [0.5, 0.6) is 5.75 Å². The summed E-state index contributed by atoms with van der Waals surface area (Å²) < 4.78 is 29.5. The molecule has 0 bridgehead atoms. The van der Waals surface area contributed by atoms with E-state index in [-0.39, 0.29) is 16.8 Å². The van der Waals surface area contributed by atoms with Gasteiger partial charge < -0.3 is 9.84 Å². The van der Waals surface area contributed by atoms with E-state index in [1.54, 1.807) is 0 Å². The fourth-order valence-electron chi connectivity index (χ4n) is 1.08. The second-order valence-corrected chi connectivity index (χ2v) is 3.38. The second-order valence-electron chi connectivity index (χ2n) is 2.82. The molecule has 0 spiro atoms. The summed E-state index contributed by atoms with van der Waals surface area (Å²) in [6.45, 7) is 0. The Hall–Kier alpha value is -1.24. The lowest BCUT2D eigenvalue weighted by molar-refractivity contribution is 0.0581. The van der Waals surface area contributed by atoms with E-state index in [9.17, 15) is 18.7 Å². The van der Waals surface area contributed by atoms with Crippen molar-refractivity contribution in [2.24, 2.45) is 0 Å². The maximum absolute atomic E-state index is 12.6. The summed E-state index contributed by atoms with van der Waals surface area (Å²) in [6, 6.07) is 0.820. The normalized spacial score (nSPS) is 10.6. The smallest absolute Gasteiger partial charge is 0.357 e. The second kappa shape index (κ2) is 5.20. The van der Waals surface area contributed by atoms with Gasteiger partial charge in [0.05, 0.1) is 18.4 Å². The van der Waals surface area contributed by atoms with Gasteiger partial charge >= 0.3 is 5.97 Å². The van der Waals surface area contributed by atoms with E-state index in [0.717, 1.165) is 13.2 Å². The van der Waals surface area contributed by atoms with Gasteiger partial charge in [-0.05, 0) is 6.07 Å². The quantitative estimate of drug-likeness (QED) is 0.687. The molecule has 0 aromatic carbocycles. The summed E-state index contributed by atoms with van der Waals surface area (Å²) in [6.07, 6.45) is -2.91. The molecule has 4 nitrogen and oxygen atoms in total. The number of ether oxygens (including phenoxy) is 1. The van der Waals surface area contributed by atoms with Gasteiger partial charge in [0.25, 0.3) is 6.43 Å². The Morgan fingerprint density at radius 2 is 2.31 bits per heavy atom. The van der Waals surface area contributed by atoms with Gasteiger partial charge in [-0.3, -0.25) is 0 Å². The Labute approximate surface area is 98.4 Å². The van der Waals surface area contributed by atoms with Gasteiger partial charge in [-0.2, -0.15) is 0 Å². The van der Waals surface area contributed by atoms with Crippen molar-refractivity contribution in [3.8, 4) is 5.75 Å². The molecule has 0 aliphatic rings. The molecule has 1 rings (SSSR count). The average molecular weight is 296 g/mol. The summed E-state index contributed by atoms with van der Waals surface area (Å²) in [7, 11) is 1.07. The lowest BCUT2D eigenvalue weighted by Crippen LogP contribution is -2.10. The van der Waals surface area contributed by atoms with Gasteiger partial charge in [-0.1, -0.05) is 15.9 Å². The zero-order valence-corrected chi connectivity index (χ0v) is 9.79. The predicted molar refractivity (Wildman–Crippen MR) is 54.8 cm³/mol. The number of aromatic hydroxyl groups is 1. The van der Waals surface area contributed by atoms with Gasteiger partial charge in [0.2, 0.25) is 0 Å². The van der Waals surface area contributed by atoms with Gasteiger partial charge in [0.15, 0.2) is 5.69 Å². The molecule has 0 aliphatic heterocycles. The number of alkyl halides is 3. The van der Waals surface area contributed by atoms with Crippen molar-refractivity contribution in [1.29, 1.82) is 0 Å². The van der Waals surface area contributed by atoms with E-state index < -0.39 is 23.7 Å². The zero-order chi connectivity index (χ0) is 12.3. The maximum Gasteiger partial charge on any atom is 0.357 e. The number of hydrogen-bond acceptors (Lipinski definition) is 4. The number of esters is 1. The Morgan fingerprint density at radius 1 is 1.69 bits per heavy atom. The van der Waals surface area contributed by atoms with E-state index in [1.807, 2.05) is 0 Å². The topological polar surface area (TPSA) is 59.4 Å². The maximum atomic E-state index is 12.6. The van der Waals surface area contributed by atoms with Gasteiger partial charge in [0.1, 0.15) is 5.75 Å². The Morgan fingerprint density at radius 3 is 2.75 bits per heavy atom. The number of halogens is 3. The molecule has 1 aromatic heterocycles. The molecule has 0 atom stereocenters. The first kappa shape index (κ1) is 12.8. The molecule has 0 amide bonds. The first-order valence-corrected chi connectivity index (χ1v) is 5.28. The van der Waals surface area contributed by atoms with Crippen molar-refractivity contribution in [3.05, 3.63) is 23.0 Å². The van der Waals surface area contributed by atoms with E-state index in [0.29, 0.717) is 0 Å². The molecular weight excluding hydrogens is 288 g/mol. The van der Waals surface area contributed by atoms with Crippen LogP contribution in [0.15, 0.2) is 6.07 Å². The molecule has 7 heteroatoms. The van der Waals surface area contributed by atoms with Crippen LogP contribution in [0.3, 0.4) is 0 Å². The molecule has 0 saturated carbocycles. The summed E-state index contributed by atoms with van der Waals surface area (Å²) in [5, 5.41) is 9.49. The van der Waals surface area contributed by atoms with E-state index in [1.165, 1.54) is 0 Å². The van der Waals surface area contributed by atoms with Crippen LogP contribution < -0.4 is 0 Å². The van der Waals surface area contributed by atoms with E-state index in [4.69, 9.17) is 0 Å². The van der Waals surface area contributed by atoms with Crippen molar-refractivity contribution in [2.45, 2.75) is 11.8 Å². The number of carbonyl (C=O) groups is 1. The summed E-state index contributed by atoms with van der Waals surface area (Å²) in [5.74, 6) is -1.35. The molecule has 0 aliphatic carbocycles. The zero-order valence-electron chi connectivity index (χ0n) is 8.21. The van der Waals surface area contributed by atoms with Crippen LogP contribution in [0.4, 0.5) is 8.78 Å². The van der Waals surface area contributed by atoms with Crippen molar-refractivity contribution in [3.63, 3.8) is 0 Å². The van der Waals surface area contributed by atoms with Crippen LogP contribution in [0, 0.1) is 0 Å². The minimum atomic E-state index is -2.91. The number of rotatable bonds is 3. The predicted octanol–water partition coefficient (Wildman–Crippen LogP) is 2.41. The molecule has 0 unspecified atom stereocenters. The van der Waals surface area contributed by atoms with Gasteiger partial charge in [-0.15, -0.1) is 0 Å². The van der Waals surface area contributed by atoms with E-state index >= 15 is 0 Å². The van der Waals surface area contributed by atoms with Crippen LogP contribution in [-0.4, -0.2) is 23.2 Å². The average Bonchev–Trinajstić information content (AvgIpc) is 2.27. The summed E-state index contributed by atoms with van der Waals surface area (Å²) in [5.41, 5.74) is -1.02. The molecule has 1 heterocycles. The van der Waals surface area contributed by atoms with Gasteiger partial charge in [-0.25, -0.2) is 18.6 Å². The number of hydrogen-bond donors (Lipinski definition) is 1. The minimum Gasteiger partial charge on any atom is -0.506 e. The highest BCUT2D eigenvalue weighted by Gasteiger charge is 2.23. The van der Waals surface area contributed by atoms with Crippen molar-refractivity contribution >= 4 is 21.9 Å². The summed E-state index contributed by atoms with van der Waals surface area (Å²) in [4.78, 5) is 14.8. The molecule has 0 fully saturated rings. The van der Waals surface area contributed by atoms with Crippen LogP contribution in [-0.2, 0) is 10.1 Å². The molecule has 88 valence electrons. The van der Waals surface area contributed by atoms with Gasteiger partial charge in [0, 0.05) is 5.33 Å². The Bertz CT molecular complexity index is 412.